The lowest BCUT2D eigenvalue weighted by Gasteiger charge is -2.14. The first-order chi connectivity index (χ1) is 24.3. The van der Waals surface area contributed by atoms with E-state index in [-0.39, 0.29) is 0 Å². The van der Waals surface area contributed by atoms with E-state index in [0.29, 0.717) is 5.92 Å². The van der Waals surface area contributed by atoms with E-state index in [1.54, 1.807) is 0 Å². The van der Waals surface area contributed by atoms with E-state index in [0.717, 1.165) is 45.2 Å². The van der Waals surface area contributed by atoms with Crippen LogP contribution in [0.3, 0.4) is 0 Å². The maximum absolute atomic E-state index is 5.27. The molecule has 0 radical (unpaired) electrons. The van der Waals surface area contributed by atoms with Crippen molar-refractivity contribution in [2.45, 2.75) is 12.3 Å². The van der Waals surface area contributed by atoms with E-state index >= 15 is 0 Å². The second kappa shape index (κ2) is 11.1. The average Bonchev–Trinajstić information content (AvgIpc) is 3.52. The van der Waals surface area contributed by atoms with Crippen LogP contribution >= 0.6 is 0 Å². The Morgan fingerprint density at radius 3 is 1.98 bits per heavy atom. The van der Waals surface area contributed by atoms with Crippen LogP contribution in [-0.2, 0) is 0 Å². The molecule has 0 N–H and O–H groups in total. The average molecular weight is 626 g/mol. The summed E-state index contributed by atoms with van der Waals surface area (Å²) in [5, 5.41) is 7.14. The summed E-state index contributed by atoms with van der Waals surface area (Å²) in [6.45, 7) is 0. The molecule has 2 aromatic heterocycles. The molecular formula is C46H31N3. The topological polar surface area (TPSA) is 30.7 Å². The molecule has 0 aliphatic heterocycles. The predicted octanol–water partition coefficient (Wildman–Crippen LogP) is 12.0. The van der Waals surface area contributed by atoms with E-state index in [2.05, 4.69) is 168 Å². The number of hydrogen-bond donors (Lipinski definition) is 0. The fourth-order valence-corrected chi connectivity index (χ4v) is 7.75. The molecule has 0 saturated carbocycles. The molecule has 3 heteroatoms. The fraction of sp³-hybridized carbons (Fsp3) is 0.0435. The molecule has 10 rings (SSSR count). The first kappa shape index (κ1) is 27.8. The van der Waals surface area contributed by atoms with Gasteiger partial charge in [0.05, 0.1) is 34.0 Å². The second-order valence-corrected chi connectivity index (χ2v) is 13.0. The van der Waals surface area contributed by atoms with E-state index in [4.69, 9.17) is 9.97 Å². The predicted molar refractivity (Wildman–Crippen MR) is 205 cm³/mol. The normalized spacial score (nSPS) is 14.5. The lowest BCUT2D eigenvalue weighted by atomic mass is 9.91. The highest BCUT2D eigenvalue weighted by Crippen LogP contribution is 2.38. The Balaban J connectivity index is 1.09. The van der Waals surface area contributed by atoms with Gasteiger partial charge in [-0.1, -0.05) is 133 Å². The van der Waals surface area contributed by atoms with Crippen LogP contribution < -0.4 is 0 Å². The van der Waals surface area contributed by atoms with Crippen molar-refractivity contribution in [1.29, 1.82) is 0 Å². The highest BCUT2D eigenvalue weighted by atomic mass is 15.0. The van der Waals surface area contributed by atoms with Gasteiger partial charge in [-0.25, -0.2) is 4.98 Å². The van der Waals surface area contributed by atoms with E-state index < -0.39 is 0 Å². The number of para-hydroxylation sites is 1. The minimum atomic E-state index is 0.454. The quantitative estimate of drug-likeness (QED) is 0.182. The van der Waals surface area contributed by atoms with E-state index in [1.807, 2.05) is 6.20 Å². The van der Waals surface area contributed by atoms with Gasteiger partial charge >= 0.3 is 0 Å². The molecule has 1 atom stereocenters. The number of nitrogens with zero attached hydrogens (tertiary/aromatic N) is 3. The maximum Gasteiger partial charge on any atom is 0.0979 e. The standard InChI is InChI=1S/C46H31N3/c1-2-11-30(12-3-1)31-21-23-32(24-22-31)33-25-26-44-41(28-33)38-17-8-9-20-43(38)49(44)35-14-10-13-34(27-35)42-29-47-45-39-18-6-4-15-36(39)37-16-5-7-19-40(37)46(45)48-42/h1-11,13-30H,12H2. The molecule has 0 bridgehead atoms. The zero-order chi connectivity index (χ0) is 32.3. The molecule has 1 unspecified atom stereocenters. The Morgan fingerprint density at radius 1 is 0.510 bits per heavy atom. The number of aromatic nitrogens is 3. The Bertz CT molecular complexity index is 2770. The van der Waals surface area contributed by atoms with Crippen LogP contribution in [0.25, 0.3) is 82.5 Å². The summed E-state index contributed by atoms with van der Waals surface area (Å²) in [7, 11) is 0. The van der Waals surface area contributed by atoms with Gasteiger partial charge in [0.1, 0.15) is 0 Å². The molecule has 3 nitrogen and oxygen atoms in total. The number of benzene rings is 7. The lowest BCUT2D eigenvalue weighted by molar-refractivity contribution is 0.854. The third-order valence-corrected chi connectivity index (χ3v) is 10.2. The molecule has 230 valence electrons. The van der Waals surface area contributed by atoms with Gasteiger partial charge in [0.15, 0.2) is 0 Å². The number of rotatable bonds is 4. The Kier molecular flexibility index (Phi) is 6.31. The third kappa shape index (κ3) is 4.51. The Labute approximate surface area is 284 Å². The molecule has 7 aromatic carbocycles. The fourth-order valence-electron chi connectivity index (χ4n) is 7.75. The highest BCUT2D eigenvalue weighted by molar-refractivity contribution is 6.23. The van der Waals surface area contributed by atoms with Crippen molar-refractivity contribution in [3.63, 3.8) is 0 Å². The molecule has 9 aromatic rings. The van der Waals surface area contributed by atoms with Crippen molar-refractivity contribution < 1.29 is 0 Å². The zero-order valence-electron chi connectivity index (χ0n) is 26.8. The monoisotopic (exact) mass is 625 g/mol. The molecule has 0 amide bonds. The minimum absolute atomic E-state index is 0.454. The molecule has 2 heterocycles. The molecule has 49 heavy (non-hydrogen) atoms. The largest absolute Gasteiger partial charge is 0.309 e. The van der Waals surface area contributed by atoms with Crippen LogP contribution in [0, 0.1) is 0 Å². The molecule has 1 aliphatic carbocycles. The van der Waals surface area contributed by atoms with Gasteiger partial charge in [0, 0.05) is 38.7 Å². The van der Waals surface area contributed by atoms with E-state index in [9.17, 15) is 0 Å². The van der Waals surface area contributed by atoms with Crippen LogP contribution in [-0.4, -0.2) is 14.5 Å². The summed E-state index contributed by atoms with van der Waals surface area (Å²) >= 11 is 0. The van der Waals surface area contributed by atoms with Gasteiger partial charge in [-0.2, -0.15) is 0 Å². The minimum Gasteiger partial charge on any atom is -0.309 e. The summed E-state index contributed by atoms with van der Waals surface area (Å²) in [5.74, 6) is 0.454. The van der Waals surface area contributed by atoms with Gasteiger partial charge in [-0.05, 0) is 64.2 Å². The van der Waals surface area contributed by atoms with Crippen LogP contribution in [0.2, 0.25) is 0 Å². The summed E-state index contributed by atoms with van der Waals surface area (Å²) in [4.78, 5) is 10.3. The first-order valence-electron chi connectivity index (χ1n) is 16.9. The summed E-state index contributed by atoms with van der Waals surface area (Å²) < 4.78 is 2.38. The van der Waals surface area contributed by atoms with Gasteiger partial charge in [0.25, 0.3) is 0 Å². The van der Waals surface area contributed by atoms with Crippen molar-refractivity contribution >= 4 is 54.4 Å². The van der Waals surface area contributed by atoms with Crippen molar-refractivity contribution in [2.75, 3.05) is 0 Å². The summed E-state index contributed by atoms with van der Waals surface area (Å²) in [6.07, 6.45) is 11.8. The molecular weight excluding hydrogens is 595 g/mol. The van der Waals surface area contributed by atoms with Crippen LogP contribution in [0.15, 0.2) is 170 Å². The van der Waals surface area contributed by atoms with Gasteiger partial charge in [0.2, 0.25) is 0 Å². The molecule has 0 fully saturated rings. The molecule has 1 aliphatic rings. The zero-order valence-corrected chi connectivity index (χ0v) is 26.8. The van der Waals surface area contributed by atoms with Crippen molar-refractivity contribution in [2.24, 2.45) is 0 Å². The van der Waals surface area contributed by atoms with Gasteiger partial charge in [-0.3, -0.25) is 4.98 Å². The maximum atomic E-state index is 5.27. The molecule has 0 saturated heterocycles. The number of hydrogen-bond acceptors (Lipinski definition) is 2. The third-order valence-electron chi connectivity index (χ3n) is 10.2. The van der Waals surface area contributed by atoms with E-state index in [1.165, 1.54) is 49.3 Å². The van der Waals surface area contributed by atoms with Crippen LogP contribution in [0.4, 0.5) is 0 Å². The smallest absolute Gasteiger partial charge is 0.0979 e. The van der Waals surface area contributed by atoms with Crippen molar-refractivity contribution in [3.05, 3.63) is 176 Å². The highest BCUT2D eigenvalue weighted by Gasteiger charge is 2.16. The second-order valence-electron chi connectivity index (χ2n) is 13.0. The molecule has 0 spiro atoms. The Morgan fingerprint density at radius 2 is 1.20 bits per heavy atom. The first-order valence-corrected chi connectivity index (χ1v) is 16.9. The van der Waals surface area contributed by atoms with Crippen LogP contribution in [0.5, 0.6) is 0 Å². The van der Waals surface area contributed by atoms with Gasteiger partial charge < -0.3 is 4.57 Å². The van der Waals surface area contributed by atoms with Gasteiger partial charge in [-0.15, -0.1) is 0 Å². The number of fused-ring (bicyclic) bond motifs is 9. The summed E-state index contributed by atoms with van der Waals surface area (Å²) in [6, 6.07) is 50.4. The van der Waals surface area contributed by atoms with Crippen molar-refractivity contribution in [1.82, 2.24) is 14.5 Å². The Hall–Kier alpha value is -6.32. The van der Waals surface area contributed by atoms with Crippen molar-refractivity contribution in [3.8, 4) is 28.1 Å². The summed E-state index contributed by atoms with van der Waals surface area (Å²) in [5.41, 5.74) is 11.0. The van der Waals surface area contributed by atoms with Crippen LogP contribution in [0.1, 0.15) is 17.9 Å². The number of allylic oxidation sites excluding steroid dienone is 4. The lowest BCUT2D eigenvalue weighted by Crippen LogP contribution is -1.96. The SMILES string of the molecule is C1=CCC(c2ccc(-c3ccc4c(c3)c3ccccc3n4-c3cccc(-c4cnc5c6ccccc6c6ccccc6c5n4)c3)cc2)C=C1.